The lowest BCUT2D eigenvalue weighted by Crippen LogP contribution is -2.51. The van der Waals surface area contributed by atoms with Gasteiger partial charge in [-0.3, -0.25) is 0 Å². The topological polar surface area (TPSA) is 73.8 Å². The molecule has 6 aliphatic rings. The van der Waals surface area contributed by atoms with Gasteiger partial charge in [-0.2, -0.15) is 0 Å². The lowest BCUT2D eigenvalue weighted by atomic mass is 9.44. The first-order chi connectivity index (χ1) is 28.0. The smallest absolute Gasteiger partial charge is 0.162 e. The van der Waals surface area contributed by atoms with Crippen LogP contribution in [-0.2, 0) is 0 Å². The average molecular weight is 787 g/mol. The number of rotatable bonds is 12. The van der Waals surface area contributed by atoms with E-state index in [1.165, 1.54) is 24.0 Å². The molecule has 0 radical (unpaired) electrons. The third-order valence-corrected chi connectivity index (χ3v) is 13.9. The van der Waals surface area contributed by atoms with E-state index in [9.17, 15) is 0 Å². The van der Waals surface area contributed by atoms with Gasteiger partial charge < -0.3 is 37.9 Å². The van der Waals surface area contributed by atoms with Crippen LogP contribution >= 0.6 is 0 Å². The molecule has 0 heterocycles. The maximum absolute atomic E-state index is 6.16. The molecule has 8 heteroatoms. The zero-order valence-corrected chi connectivity index (χ0v) is 35.7. The Labute approximate surface area is 345 Å². The number of hydrogen-bond donors (Lipinski definition) is 0. The van der Waals surface area contributed by atoms with E-state index >= 15 is 0 Å². The molecule has 3 aromatic carbocycles. The fourth-order valence-corrected chi connectivity index (χ4v) is 10.3. The van der Waals surface area contributed by atoms with Crippen molar-refractivity contribution >= 4 is 0 Å². The van der Waals surface area contributed by atoms with Crippen LogP contribution in [0.4, 0.5) is 0 Å². The number of para-hydroxylation sites is 2. The van der Waals surface area contributed by atoms with Gasteiger partial charge in [0.1, 0.15) is 47.7 Å². The summed E-state index contributed by atoms with van der Waals surface area (Å²) in [4.78, 5) is 0. The summed E-state index contributed by atoms with van der Waals surface area (Å²) in [6.07, 6.45) is 8.59. The van der Waals surface area contributed by atoms with Gasteiger partial charge in [0.25, 0.3) is 0 Å². The minimum absolute atomic E-state index is 0.142. The summed E-state index contributed by atoms with van der Waals surface area (Å²) in [5.74, 6) is 21.3. The van der Waals surface area contributed by atoms with Crippen molar-refractivity contribution in [2.24, 2.45) is 34.5 Å². The molecule has 0 aromatic heterocycles. The zero-order valence-electron chi connectivity index (χ0n) is 35.7. The SMILES string of the molecule is COc1cc(OC)c([C@H]2C[C@H]3C[C@@H](/C2=C\C#CCOc2ccccc2OCC#C/C=C2/[C@@H](c4c(OC)cc(OC)cc4OC)C[C@H]4C[C@@H]2C4(C)C)C3(C)C)c(OC)c1. The molecule has 0 amide bonds. The molecule has 306 valence electrons. The third-order valence-electron chi connectivity index (χ3n) is 13.9. The number of fused-ring (bicyclic) bond motifs is 4. The van der Waals surface area contributed by atoms with Gasteiger partial charge in [-0.15, -0.1) is 0 Å². The molecule has 0 N–H and O–H groups in total. The first kappa shape index (κ1) is 40.8. The van der Waals surface area contributed by atoms with Crippen molar-refractivity contribution < 1.29 is 37.9 Å². The molecule has 6 atom stereocenters. The summed E-state index contributed by atoms with van der Waals surface area (Å²) < 4.78 is 46.9. The molecule has 0 aliphatic heterocycles. The van der Waals surface area contributed by atoms with Crippen LogP contribution in [0.1, 0.15) is 76.3 Å². The normalized spacial score (nSPS) is 25.7. The molecule has 0 spiro atoms. The van der Waals surface area contributed by atoms with Crippen LogP contribution in [0.25, 0.3) is 0 Å². The van der Waals surface area contributed by atoms with Crippen LogP contribution in [0.15, 0.2) is 71.8 Å². The highest BCUT2D eigenvalue weighted by atomic mass is 16.5. The molecular weight excluding hydrogens is 729 g/mol. The summed E-state index contributed by atoms with van der Waals surface area (Å²) in [5, 5.41) is 0. The average Bonchev–Trinajstić information content (AvgIpc) is 3.25. The van der Waals surface area contributed by atoms with Gasteiger partial charge in [-0.1, -0.05) is 74.7 Å². The highest BCUT2D eigenvalue weighted by Gasteiger charge is 2.57. The fraction of sp³-hybridized carbons (Fsp3) is 0.480. The summed E-state index contributed by atoms with van der Waals surface area (Å²) in [5.41, 5.74) is 5.19. The molecule has 6 fully saturated rings. The number of methoxy groups -OCH3 is 6. The summed E-state index contributed by atoms with van der Waals surface area (Å²) in [6.45, 7) is 9.94. The lowest BCUT2D eigenvalue weighted by molar-refractivity contribution is -0.0356. The molecule has 8 nitrogen and oxygen atoms in total. The number of allylic oxidation sites excluding steroid dienone is 4. The largest absolute Gasteiger partial charge is 0.496 e. The van der Waals surface area contributed by atoms with Crippen molar-refractivity contribution in [3.8, 4) is 69.7 Å². The second-order valence-corrected chi connectivity index (χ2v) is 17.0. The molecular formula is C50H58O8. The van der Waals surface area contributed by atoms with E-state index in [2.05, 4.69) is 63.5 Å². The predicted molar refractivity (Wildman–Crippen MR) is 227 cm³/mol. The molecule has 6 aliphatic carbocycles. The van der Waals surface area contributed by atoms with Crippen molar-refractivity contribution in [3.05, 3.63) is 83.0 Å². The second-order valence-electron chi connectivity index (χ2n) is 17.0. The van der Waals surface area contributed by atoms with Crippen molar-refractivity contribution in [3.63, 3.8) is 0 Å². The first-order valence-corrected chi connectivity index (χ1v) is 20.3. The van der Waals surface area contributed by atoms with Gasteiger partial charge in [-0.25, -0.2) is 0 Å². The number of hydrogen-bond acceptors (Lipinski definition) is 8. The van der Waals surface area contributed by atoms with Gasteiger partial charge in [0.05, 0.1) is 42.7 Å². The molecule has 4 bridgehead atoms. The van der Waals surface area contributed by atoms with E-state index < -0.39 is 0 Å². The quantitative estimate of drug-likeness (QED) is 0.168. The van der Waals surface area contributed by atoms with Crippen molar-refractivity contribution in [2.75, 3.05) is 55.9 Å². The summed E-state index contributed by atoms with van der Waals surface area (Å²) in [6, 6.07) is 15.4. The van der Waals surface area contributed by atoms with Crippen LogP contribution in [0.2, 0.25) is 0 Å². The van der Waals surface area contributed by atoms with Gasteiger partial charge in [0.15, 0.2) is 11.5 Å². The maximum atomic E-state index is 6.16. The minimum Gasteiger partial charge on any atom is -0.496 e. The van der Waals surface area contributed by atoms with Crippen molar-refractivity contribution in [2.45, 2.75) is 65.2 Å². The standard InChI is InChI=1S/C50H58O8/c1-49(2)31-23-37(47-43(53-7)27-33(51-5)28-44(47)54-8)35(39(49)25-31)17-13-15-21-57-41-19-11-12-20-42(41)58-22-16-14-18-36-38(24-32-26-40(36)50(32,3)4)48-45(55-9)29-34(52-6)30-46(48)56-10/h11-12,17-20,27-32,37-40H,21-26H2,1-10H3/b35-17-,36-18-/t31-,32-,37-,38-,39-,40-/m0/s1. The van der Waals surface area contributed by atoms with E-state index in [1.807, 2.05) is 48.5 Å². The summed E-state index contributed by atoms with van der Waals surface area (Å²) in [7, 11) is 10.1. The van der Waals surface area contributed by atoms with E-state index in [1.54, 1.807) is 42.7 Å². The van der Waals surface area contributed by atoms with Crippen LogP contribution in [0.3, 0.4) is 0 Å². The monoisotopic (exact) mass is 786 g/mol. The van der Waals surface area contributed by atoms with Gasteiger partial charge in [-0.05, 0) is 84.5 Å². The Hall–Kier alpha value is -5.34. The lowest BCUT2D eigenvalue weighted by Gasteiger charge is -2.60. The zero-order chi connectivity index (χ0) is 41.2. The molecule has 0 saturated heterocycles. The predicted octanol–water partition coefficient (Wildman–Crippen LogP) is 10.1. The summed E-state index contributed by atoms with van der Waals surface area (Å²) >= 11 is 0. The molecule has 58 heavy (non-hydrogen) atoms. The van der Waals surface area contributed by atoms with E-state index in [4.69, 9.17) is 37.9 Å². The Kier molecular flexibility index (Phi) is 11.9. The van der Waals surface area contributed by atoms with Gasteiger partial charge >= 0.3 is 0 Å². The highest BCUT2D eigenvalue weighted by Crippen LogP contribution is 2.67. The van der Waals surface area contributed by atoms with Crippen molar-refractivity contribution in [1.82, 2.24) is 0 Å². The van der Waals surface area contributed by atoms with Crippen LogP contribution in [0, 0.1) is 58.2 Å². The first-order valence-electron chi connectivity index (χ1n) is 20.3. The molecule has 3 aromatic rings. The Morgan fingerprint density at radius 2 is 0.879 bits per heavy atom. The Morgan fingerprint density at radius 1 is 0.517 bits per heavy atom. The third kappa shape index (κ3) is 7.43. The van der Waals surface area contributed by atoms with Crippen LogP contribution in [0.5, 0.6) is 46.0 Å². The Balaban J connectivity index is 1.05. The number of benzene rings is 3. The molecule has 6 saturated carbocycles. The second kappa shape index (κ2) is 16.9. The Bertz CT molecular complexity index is 1980. The number of ether oxygens (including phenoxy) is 8. The fourth-order valence-electron chi connectivity index (χ4n) is 10.3. The van der Waals surface area contributed by atoms with E-state index in [0.717, 1.165) is 47.0 Å². The van der Waals surface area contributed by atoms with Crippen molar-refractivity contribution in [1.29, 1.82) is 0 Å². The highest BCUT2D eigenvalue weighted by molar-refractivity contribution is 5.58. The van der Waals surface area contributed by atoms with E-state index in [0.29, 0.717) is 46.7 Å². The molecule has 0 unspecified atom stereocenters. The maximum Gasteiger partial charge on any atom is 0.162 e. The van der Waals surface area contributed by atoms with Gasteiger partial charge in [0.2, 0.25) is 0 Å². The van der Waals surface area contributed by atoms with Crippen LogP contribution < -0.4 is 37.9 Å². The molecule has 9 rings (SSSR count). The Morgan fingerprint density at radius 3 is 1.19 bits per heavy atom. The van der Waals surface area contributed by atoms with Crippen LogP contribution in [-0.4, -0.2) is 55.9 Å². The van der Waals surface area contributed by atoms with Gasteiger partial charge in [0, 0.05) is 47.2 Å². The van der Waals surface area contributed by atoms with E-state index in [-0.39, 0.29) is 35.9 Å². The minimum atomic E-state index is 0.142.